The lowest BCUT2D eigenvalue weighted by Gasteiger charge is -2.05. The van der Waals surface area contributed by atoms with Gasteiger partial charge in [0.25, 0.3) is 0 Å². The molecule has 2 N–H and O–H groups in total. The highest BCUT2D eigenvalue weighted by atomic mass is 32.1. The van der Waals surface area contributed by atoms with E-state index in [1.807, 2.05) is 37.3 Å². The van der Waals surface area contributed by atoms with Gasteiger partial charge in [-0.15, -0.1) is 0 Å². The summed E-state index contributed by atoms with van der Waals surface area (Å²) < 4.78 is 10.6. The van der Waals surface area contributed by atoms with Gasteiger partial charge in [0, 0.05) is 0 Å². The Balaban J connectivity index is 2.22. The number of ether oxygens (including phenoxy) is 2. The minimum Gasteiger partial charge on any atom is -0.478 e. The lowest BCUT2D eigenvalue weighted by atomic mass is 10.1. The molecule has 0 amide bonds. The van der Waals surface area contributed by atoms with E-state index in [1.54, 1.807) is 6.92 Å². The smallest absolute Gasteiger partial charge is 0.350 e. The Morgan fingerprint density at radius 2 is 2.23 bits per heavy atom. The van der Waals surface area contributed by atoms with Crippen LogP contribution in [0.2, 0.25) is 0 Å². The molecule has 0 aliphatic rings. The molecule has 6 heteroatoms. The first-order valence-electron chi connectivity index (χ1n) is 6.74. The van der Waals surface area contributed by atoms with Crippen molar-refractivity contribution in [3.05, 3.63) is 45.8 Å². The molecule has 5 nitrogen and oxygen atoms in total. The molecule has 0 saturated heterocycles. The molecule has 1 aromatic carbocycles. The molecule has 2 aromatic rings. The number of anilines is 1. The summed E-state index contributed by atoms with van der Waals surface area (Å²) in [4.78, 5) is 12.0. The molecule has 0 radical (unpaired) electrons. The Morgan fingerprint density at radius 1 is 1.45 bits per heavy atom. The van der Waals surface area contributed by atoms with Gasteiger partial charge in [-0.25, -0.2) is 4.79 Å². The van der Waals surface area contributed by atoms with Gasteiger partial charge < -0.3 is 15.2 Å². The number of nitrogens with zero attached hydrogens (tertiary/aromatic N) is 1. The molecule has 0 aliphatic heterocycles. The first kappa shape index (κ1) is 15.9. The quantitative estimate of drug-likeness (QED) is 0.856. The van der Waals surface area contributed by atoms with E-state index in [4.69, 9.17) is 15.2 Å². The van der Waals surface area contributed by atoms with E-state index in [1.165, 1.54) is 0 Å². The molecule has 0 atom stereocenters. The molecular formula is C16H16N2O3S. The lowest BCUT2D eigenvalue weighted by Crippen LogP contribution is -2.05. The summed E-state index contributed by atoms with van der Waals surface area (Å²) in [5.74, 6) is -0.535. The molecule has 0 bridgehead atoms. The molecule has 1 aromatic heterocycles. The van der Waals surface area contributed by atoms with Crippen LogP contribution in [0.15, 0.2) is 24.3 Å². The molecule has 0 fully saturated rings. The second-order valence-electron chi connectivity index (χ2n) is 4.62. The van der Waals surface area contributed by atoms with Crippen molar-refractivity contribution >= 4 is 23.0 Å². The normalized spacial score (nSPS) is 10.0. The fraction of sp³-hybridized carbons (Fsp3) is 0.250. The van der Waals surface area contributed by atoms with Crippen LogP contribution in [0.5, 0.6) is 5.06 Å². The summed E-state index contributed by atoms with van der Waals surface area (Å²) in [6.45, 7) is 4.25. The van der Waals surface area contributed by atoms with Crippen molar-refractivity contribution in [3.63, 3.8) is 0 Å². The number of rotatable bonds is 5. The van der Waals surface area contributed by atoms with Gasteiger partial charge in [-0.1, -0.05) is 41.2 Å². The highest BCUT2D eigenvalue weighted by Gasteiger charge is 2.23. The Bertz CT molecular complexity index is 731. The van der Waals surface area contributed by atoms with Crippen LogP contribution in [0, 0.1) is 18.3 Å². The zero-order valence-corrected chi connectivity index (χ0v) is 13.2. The van der Waals surface area contributed by atoms with E-state index < -0.39 is 5.97 Å². The number of nitrogens with two attached hydrogens (primary N) is 1. The maximum atomic E-state index is 11.8. The summed E-state index contributed by atoms with van der Waals surface area (Å²) >= 11 is 1.04. The van der Waals surface area contributed by atoms with Crippen LogP contribution in [-0.4, -0.2) is 12.6 Å². The third-order valence-electron chi connectivity index (χ3n) is 2.94. The zero-order chi connectivity index (χ0) is 16.1. The largest absolute Gasteiger partial charge is 0.478 e. The minimum atomic E-state index is -0.535. The molecule has 0 saturated carbocycles. The van der Waals surface area contributed by atoms with Crippen molar-refractivity contribution < 1.29 is 14.3 Å². The number of esters is 1. The number of benzene rings is 1. The fourth-order valence-electron chi connectivity index (χ4n) is 1.93. The van der Waals surface area contributed by atoms with Crippen LogP contribution in [0.25, 0.3) is 0 Å². The van der Waals surface area contributed by atoms with Gasteiger partial charge in [-0.05, 0) is 19.4 Å². The average Bonchev–Trinajstić information content (AvgIpc) is 2.81. The molecule has 0 spiro atoms. The Kier molecular flexibility index (Phi) is 5.02. The Morgan fingerprint density at radius 3 is 2.86 bits per heavy atom. The van der Waals surface area contributed by atoms with Gasteiger partial charge in [-0.3, -0.25) is 0 Å². The van der Waals surface area contributed by atoms with E-state index in [0.29, 0.717) is 11.7 Å². The van der Waals surface area contributed by atoms with Gasteiger partial charge >= 0.3 is 5.97 Å². The van der Waals surface area contributed by atoms with E-state index in [-0.39, 0.29) is 22.7 Å². The number of carbonyl (C=O) groups excluding carboxylic acids is 1. The van der Waals surface area contributed by atoms with Crippen LogP contribution in [0.4, 0.5) is 5.69 Å². The van der Waals surface area contributed by atoms with E-state index >= 15 is 0 Å². The molecule has 114 valence electrons. The highest BCUT2D eigenvalue weighted by molar-refractivity contribution is 7.16. The number of aryl methyl sites for hydroxylation is 1. The summed E-state index contributed by atoms with van der Waals surface area (Å²) in [5, 5.41) is 9.55. The second kappa shape index (κ2) is 6.96. The Labute approximate surface area is 132 Å². The standard InChI is InChI=1S/C16H16N2O3S/c1-3-20-15(19)14-13(18)12(8-17)16(22-14)21-9-11-6-4-5-10(2)7-11/h4-7H,3,9,18H2,1-2H3. The molecule has 0 aliphatic carbocycles. The van der Waals surface area contributed by atoms with E-state index in [0.717, 1.165) is 22.5 Å². The van der Waals surface area contributed by atoms with Gasteiger partial charge in [0.2, 0.25) is 0 Å². The number of hydrogen-bond acceptors (Lipinski definition) is 6. The van der Waals surface area contributed by atoms with Crippen molar-refractivity contribution in [2.45, 2.75) is 20.5 Å². The lowest BCUT2D eigenvalue weighted by molar-refractivity contribution is 0.0533. The van der Waals surface area contributed by atoms with Crippen molar-refractivity contribution in [1.82, 2.24) is 0 Å². The monoisotopic (exact) mass is 316 g/mol. The van der Waals surface area contributed by atoms with Crippen LogP contribution < -0.4 is 10.5 Å². The predicted octanol–water partition coefficient (Wildman–Crippen LogP) is 3.27. The van der Waals surface area contributed by atoms with Crippen molar-refractivity contribution in [3.8, 4) is 11.1 Å². The number of nitrogen functional groups attached to an aromatic ring is 1. The zero-order valence-electron chi connectivity index (χ0n) is 12.4. The maximum Gasteiger partial charge on any atom is 0.350 e. The SMILES string of the molecule is CCOC(=O)c1sc(OCc2cccc(C)c2)c(C#N)c1N. The molecule has 2 rings (SSSR count). The first-order valence-corrected chi connectivity index (χ1v) is 7.56. The summed E-state index contributed by atoms with van der Waals surface area (Å²) in [7, 11) is 0. The van der Waals surface area contributed by atoms with Gasteiger partial charge in [-0.2, -0.15) is 5.26 Å². The molecule has 22 heavy (non-hydrogen) atoms. The van der Waals surface area contributed by atoms with E-state index in [2.05, 4.69) is 0 Å². The minimum absolute atomic E-state index is 0.116. The Hall–Kier alpha value is -2.52. The van der Waals surface area contributed by atoms with Crippen LogP contribution in [0.3, 0.4) is 0 Å². The number of nitriles is 1. The number of carbonyl (C=O) groups is 1. The van der Waals surface area contributed by atoms with E-state index in [9.17, 15) is 10.1 Å². The fourth-order valence-corrected chi connectivity index (χ4v) is 2.84. The third kappa shape index (κ3) is 3.38. The summed E-state index contributed by atoms with van der Waals surface area (Å²) in [6, 6.07) is 9.84. The number of thiophene rings is 1. The van der Waals surface area contributed by atoms with Gasteiger partial charge in [0.15, 0.2) is 5.06 Å². The first-order chi connectivity index (χ1) is 10.6. The van der Waals surface area contributed by atoms with Gasteiger partial charge in [0.1, 0.15) is 23.1 Å². The molecular weight excluding hydrogens is 300 g/mol. The van der Waals surface area contributed by atoms with Crippen LogP contribution in [-0.2, 0) is 11.3 Å². The second-order valence-corrected chi connectivity index (χ2v) is 5.60. The van der Waals surface area contributed by atoms with Crippen LogP contribution >= 0.6 is 11.3 Å². The molecule has 1 heterocycles. The summed E-state index contributed by atoms with van der Waals surface area (Å²) in [5.41, 5.74) is 8.25. The van der Waals surface area contributed by atoms with Crippen molar-refractivity contribution in [2.75, 3.05) is 12.3 Å². The maximum absolute atomic E-state index is 11.8. The predicted molar refractivity (Wildman–Crippen MR) is 84.9 cm³/mol. The van der Waals surface area contributed by atoms with Crippen molar-refractivity contribution in [2.24, 2.45) is 0 Å². The topological polar surface area (TPSA) is 85.3 Å². The average molecular weight is 316 g/mol. The molecule has 0 unspecified atom stereocenters. The van der Waals surface area contributed by atoms with Crippen molar-refractivity contribution in [1.29, 1.82) is 5.26 Å². The summed E-state index contributed by atoms with van der Waals surface area (Å²) in [6.07, 6.45) is 0. The highest BCUT2D eigenvalue weighted by Crippen LogP contribution is 2.38. The van der Waals surface area contributed by atoms with Crippen LogP contribution in [0.1, 0.15) is 33.3 Å². The van der Waals surface area contributed by atoms with Gasteiger partial charge in [0.05, 0.1) is 12.3 Å². The number of hydrogen-bond donors (Lipinski definition) is 1. The third-order valence-corrected chi connectivity index (χ3v) is 4.04.